The molecule has 0 radical (unpaired) electrons. The summed E-state index contributed by atoms with van der Waals surface area (Å²) >= 11 is 6.43. The highest BCUT2D eigenvalue weighted by molar-refractivity contribution is 7.91. The first-order chi connectivity index (χ1) is 16.9. The highest BCUT2D eigenvalue weighted by Crippen LogP contribution is 2.35. The van der Waals surface area contributed by atoms with Crippen LogP contribution in [0, 0.1) is 11.3 Å². The summed E-state index contributed by atoms with van der Waals surface area (Å²) in [5.74, 6) is -0.572. The Labute approximate surface area is 204 Å². The number of halogens is 1. The number of rotatable bonds is 6. The summed E-state index contributed by atoms with van der Waals surface area (Å²) in [6, 6.07) is 14.6. The SMILES string of the molecule is N#Cc1nc(-c2cc(Cl)c3[nH]ncc3c2)c(-c2ccccc2)nc1NS(=O)(=O)Cc1cncnc1. The highest BCUT2D eigenvalue weighted by Gasteiger charge is 2.22. The molecule has 172 valence electrons. The second kappa shape index (κ2) is 9.09. The van der Waals surface area contributed by atoms with Gasteiger partial charge in [0.15, 0.2) is 11.5 Å². The smallest absolute Gasteiger partial charge is 0.238 e. The topological polar surface area (TPSA) is 150 Å². The summed E-state index contributed by atoms with van der Waals surface area (Å²) in [5, 5.41) is 17.8. The molecule has 10 nitrogen and oxygen atoms in total. The molecule has 0 fully saturated rings. The molecule has 35 heavy (non-hydrogen) atoms. The fraction of sp³-hybridized carbons (Fsp3) is 0.0435. The lowest BCUT2D eigenvalue weighted by Gasteiger charge is -2.14. The van der Waals surface area contributed by atoms with Gasteiger partial charge in [-0.05, 0) is 12.1 Å². The molecule has 12 heteroatoms. The van der Waals surface area contributed by atoms with Gasteiger partial charge < -0.3 is 0 Å². The number of hydrogen-bond donors (Lipinski definition) is 2. The highest BCUT2D eigenvalue weighted by atomic mass is 35.5. The summed E-state index contributed by atoms with van der Waals surface area (Å²) in [4.78, 5) is 16.7. The Kier molecular flexibility index (Phi) is 5.82. The van der Waals surface area contributed by atoms with Crippen molar-refractivity contribution in [3.8, 4) is 28.6 Å². The van der Waals surface area contributed by atoms with Crippen LogP contribution in [0.25, 0.3) is 33.4 Å². The fourth-order valence-corrected chi connectivity index (χ4v) is 4.91. The number of H-pyrrole nitrogens is 1. The first kappa shape index (κ1) is 22.4. The quantitative estimate of drug-likeness (QED) is 0.354. The molecule has 0 spiro atoms. The van der Waals surface area contributed by atoms with Crippen LogP contribution in [0.5, 0.6) is 0 Å². The van der Waals surface area contributed by atoms with Crippen LogP contribution in [-0.4, -0.2) is 38.6 Å². The second-order valence-electron chi connectivity index (χ2n) is 7.50. The zero-order chi connectivity index (χ0) is 24.4. The van der Waals surface area contributed by atoms with Gasteiger partial charge in [0.1, 0.15) is 12.4 Å². The molecule has 0 saturated heterocycles. The van der Waals surface area contributed by atoms with Crippen molar-refractivity contribution >= 4 is 38.3 Å². The molecule has 2 aromatic carbocycles. The Morgan fingerprint density at radius 3 is 2.49 bits per heavy atom. The molecular weight excluding hydrogens is 488 g/mol. The van der Waals surface area contributed by atoms with Crippen molar-refractivity contribution in [3.05, 3.63) is 83.7 Å². The van der Waals surface area contributed by atoms with Crippen molar-refractivity contribution in [3.63, 3.8) is 0 Å². The maximum atomic E-state index is 12.8. The third kappa shape index (κ3) is 4.65. The fourth-order valence-electron chi connectivity index (χ4n) is 3.54. The van der Waals surface area contributed by atoms with Crippen LogP contribution in [0.4, 0.5) is 5.82 Å². The van der Waals surface area contributed by atoms with Crippen LogP contribution in [0.3, 0.4) is 0 Å². The maximum Gasteiger partial charge on any atom is 0.238 e. The lowest BCUT2D eigenvalue weighted by atomic mass is 10.0. The molecule has 0 aliphatic rings. The van der Waals surface area contributed by atoms with E-state index >= 15 is 0 Å². The van der Waals surface area contributed by atoms with Gasteiger partial charge in [-0.25, -0.2) is 28.4 Å². The standard InChI is InChI=1S/C23H15ClN8O2S/c24-18-7-16(6-17-11-28-31-20(17)18)22-21(15-4-2-1-3-5-15)30-23(19(8-25)29-22)32-35(33,34)12-14-9-26-13-27-10-14/h1-7,9-11,13H,12H2,(H,28,31)(H,30,32). The van der Waals surface area contributed by atoms with E-state index in [1.807, 2.05) is 42.5 Å². The van der Waals surface area contributed by atoms with Gasteiger partial charge in [0.05, 0.1) is 33.9 Å². The van der Waals surface area contributed by atoms with E-state index in [1.54, 1.807) is 12.3 Å². The number of anilines is 1. The van der Waals surface area contributed by atoms with E-state index in [2.05, 4.69) is 34.9 Å². The summed E-state index contributed by atoms with van der Waals surface area (Å²) < 4.78 is 28.1. The van der Waals surface area contributed by atoms with Gasteiger partial charge in [-0.3, -0.25) is 9.82 Å². The predicted molar refractivity (Wildman–Crippen MR) is 131 cm³/mol. The molecule has 0 saturated carbocycles. The predicted octanol–water partition coefficient (Wildman–Crippen LogP) is 3.94. The molecule has 0 aliphatic carbocycles. The van der Waals surface area contributed by atoms with Crippen LogP contribution in [-0.2, 0) is 15.8 Å². The normalized spacial score (nSPS) is 11.3. The van der Waals surface area contributed by atoms with Crippen molar-refractivity contribution in [1.82, 2.24) is 30.1 Å². The number of aromatic amines is 1. The summed E-state index contributed by atoms with van der Waals surface area (Å²) in [7, 11) is -3.94. The Balaban J connectivity index is 1.65. The number of nitrogens with zero attached hydrogens (tertiary/aromatic N) is 6. The Bertz CT molecular complexity index is 1680. The molecule has 0 atom stereocenters. The second-order valence-corrected chi connectivity index (χ2v) is 9.63. The minimum absolute atomic E-state index is 0.178. The van der Waals surface area contributed by atoms with Crippen LogP contribution < -0.4 is 4.72 Å². The molecule has 0 bridgehead atoms. The van der Waals surface area contributed by atoms with Gasteiger partial charge in [-0.1, -0.05) is 41.9 Å². The molecule has 3 heterocycles. The van der Waals surface area contributed by atoms with Crippen molar-refractivity contribution < 1.29 is 8.42 Å². The number of fused-ring (bicyclic) bond motifs is 1. The van der Waals surface area contributed by atoms with Gasteiger partial charge in [-0.2, -0.15) is 10.4 Å². The number of sulfonamides is 1. The van der Waals surface area contributed by atoms with Crippen LogP contribution in [0.1, 0.15) is 11.3 Å². The van der Waals surface area contributed by atoms with E-state index in [1.165, 1.54) is 18.7 Å². The van der Waals surface area contributed by atoms with Crippen molar-refractivity contribution in [2.45, 2.75) is 5.75 Å². The van der Waals surface area contributed by atoms with Crippen molar-refractivity contribution in [2.75, 3.05) is 4.72 Å². The van der Waals surface area contributed by atoms with Gasteiger partial charge in [-0.15, -0.1) is 0 Å². The Morgan fingerprint density at radius 1 is 1.00 bits per heavy atom. The monoisotopic (exact) mass is 502 g/mol. The first-order valence-electron chi connectivity index (χ1n) is 10.2. The van der Waals surface area contributed by atoms with Gasteiger partial charge in [0, 0.05) is 34.5 Å². The van der Waals surface area contributed by atoms with E-state index in [0.29, 0.717) is 38.6 Å². The average molecular weight is 503 g/mol. The van der Waals surface area contributed by atoms with E-state index in [9.17, 15) is 13.7 Å². The zero-order valence-electron chi connectivity index (χ0n) is 17.8. The van der Waals surface area contributed by atoms with Gasteiger partial charge >= 0.3 is 0 Å². The Morgan fingerprint density at radius 2 is 1.74 bits per heavy atom. The maximum absolute atomic E-state index is 12.8. The van der Waals surface area contributed by atoms with Crippen molar-refractivity contribution in [1.29, 1.82) is 5.26 Å². The van der Waals surface area contributed by atoms with Crippen LogP contribution in [0.15, 0.2) is 67.4 Å². The lowest BCUT2D eigenvalue weighted by molar-refractivity contribution is 0.600. The molecule has 3 aromatic heterocycles. The Hall–Kier alpha value is -4.40. The summed E-state index contributed by atoms with van der Waals surface area (Å²) in [6.45, 7) is 0. The van der Waals surface area contributed by atoms with E-state index in [-0.39, 0.29) is 11.5 Å². The van der Waals surface area contributed by atoms with E-state index in [0.717, 1.165) is 5.39 Å². The molecule has 0 unspecified atom stereocenters. The number of aromatic nitrogens is 6. The zero-order valence-corrected chi connectivity index (χ0v) is 19.4. The largest absolute Gasteiger partial charge is 0.276 e. The number of nitrogens with one attached hydrogen (secondary N) is 2. The first-order valence-corrected chi connectivity index (χ1v) is 12.2. The molecular formula is C23H15ClN8O2S. The van der Waals surface area contributed by atoms with Crippen LogP contribution in [0.2, 0.25) is 5.02 Å². The lowest BCUT2D eigenvalue weighted by Crippen LogP contribution is -2.18. The minimum atomic E-state index is -3.94. The molecule has 0 amide bonds. The minimum Gasteiger partial charge on any atom is -0.276 e. The van der Waals surface area contributed by atoms with E-state index < -0.39 is 15.8 Å². The third-order valence-corrected chi connectivity index (χ3v) is 6.56. The molecule has 5 rings (SSSR count). The molecule has 2 N–H and O–H groups in total. The summed E-state index contributed by atoms with van der Waals surface area (Å²) in [5.41, 5.74) is 2.90. The number of benzene rings is 2. The van der Waals surface area contributed by atoms with Gasteiger partial charge in [0.2, 0.25) is 10.0 Å². The van der Waals surface area contributed by atoms with Crippen LogP contribution >= 0.6 is 11.6 Å². The van der Waals surface area contributed by atoms with E-state index in [4.69, 9.17) is 11.6 Å². The third-order valence-electron chi connectivity index (χ3n) is 5.05. The number of hydrogen-bond acceptors (Lipinski definition) is 8. The number of nitriles is 1. The average Bonchev–Trinajstić information content (AvgIpc) is 3.34. The molecule has 5 aromatic rings. The van der Waals surface area contributed by atoms with Crippen molar-refractivity contribution in [2.24, 2.45) is 0 Å². The van der Waals surface area contributed by atoms with Gasteiger partial charge in [0.25, 0.3) is 0 Å². The summed E-state index contributed by atoms with van der Waals surface area (Å²) in [6.07, 6.45) is 5.73. The molecule has 0 aliphatic heterocycles.